The molecule has 0 bridgehead atoms. The predicted molar refractivity (Wildman–Crippen MR) is 153 cm³/mol. The average molecular weight is 565 g/mol. The van der Waals surface area contributed by atoms with Crippen molar-refractivity contribution in [2.75, 3.05) is 13.2 Å². The Kier molecular flexibility index (Phi) is 8.56. The zero-order chi connectivity index (χ0) is 29.0. The van der Waals surface area contributed by atoms with E-state index in [4.69, 9.17) is 14.2 Å². The van der Waals surface area contributed by atoms with Crippen molar-refractivity contribution in [3.8, 4) is 11.5 Å². The third-order valence-corrected chi connectivity index (χ3v) is 7.30. The standard InChI is InChI=1S/C31H37FN4O5/c1-31(2,3)41-30(38)36(20-23-17-27-28(19-33-23)40-15-14-39-27)24-8-4-6-21(9-10-24)7-5-13-35-26-16-22(32)18-34-25(26)11-12-29(35)37/h6,11-12,16-19,24H,4-5,7-10,13-15,20H2,1-3H3. The Hall–Kier alpha value is -3.95. The van der Waals surface area contributed by atoms with Crippen LogP contribution in [0.3, 0.4) is 0 Å². The number of aromatic nitrogens is 3. The zero-order valence-electron chi connectivity index (χ0n) is 23.9. The summed E-state index contributed by atoms with van der Waals surface area (Å²) in [6, 6.07) is 6.27. The highest BCUT2D eigenvalue weighted by Crippen LogP contribution is 2.31. The summed E-state index contributed by atoms with van der Waals surface area (Å²) in [5.41, 5.74) is 2.32. The monoisotopic (exact) mass is 564 g/mol. The van der Waals surface area contributed by atoms with Crippen LogP contribution in [0.2, 0.25) is 0 Å². The number of amides is 1. The Morgan fingerprint density at radius 2 is 1.93 bits per heavy atom. The van der Waals surface area contributed by atoms with Crippen molar-refractivity contribution < 1.29 is 23.4 Å². The fraction of sp³-hybridized carbons (Fsp3) is 0.484. The smallest absolute Gasteiger partial charge is 0.410 e. The van der Waals surface area contributed by atoms with Gasteiger partial charge in [-0.05, 0) is 65.4 Å². The van der Waals surface area contributed by atoms with Gasteiger partial charge in [-0.15, -0.1) is 0 Å². The Bertz CT molecular complexity index is 1500. The highest BCUT2D eigenvalue weighted by molar-refractivity contribution is 5.74. The van der Waals surface area contributed by atoms with E-state index in [1.54, 1.807) is 21.7 Å². The van der Waals surface area contributed by atoms with Crippen LogP contribution in [0.15, 0.2) is 53.1 Å². The summed E-state index contributed by atoms with van der Waals surface area (Å²) in [6.07, 6.45) is 9.51. The van der Waals surface area contributed by atoms with Crippen molar-refractivity contribution >= 4 is 17.1 Å². The lowest BCUT2D eigenvalue weighted by molar-refractivity contribution is 0.0120. The van der Waals surface area contributed by atoms with Crippen LogP contribution < -0.4 is 15.0 Å². The van der Waals surface area contributed by atoms with Gasteiger partial charge in [0.1, 0.15) is 24.6 Å². The Morgan fingerprint density at radius 1 is 1.12 bits per heavy atom. The van der Waals surface area contributed by atoms with Crippen molar-refractivity contribution in [1.82, 2.24) is 19.4 Å². The van der Waals surface area contributed by atoms with Gasteiger partial charge in [-0.1, -0.05) is 11.6 Å². The number of fused-ring (bicyclic) bond motifs is 2. The molecular weight excluding hydrogens is 527 g/mol. The van der Waals surface area contributed by atoms with Crippen molar-refractivity contribution in [1.29, 1.82) is 0 Å². The molecule has 1 amide bonds. The minimum Gasteiger partial charge on any atom is -0.486 e. The van der Waals surface area contributed by atoms with E-state index in [1.807, 2.05) is 26.8 Å². The van der Waals surface area contributed by atoms with E-state index in [1.165, 1.54) is 17.7 Å². The molecule has 4 heterocycles. The van der Waals surface area contributed by atoms with Crippen LogP contribution in [0.5, 0.6) is 11.5 Å². The molecule has 2 aliphatic rings. The van der Waals surface area contributed by atoms with E-state index < -0.39 is 11.4 Å². The number of nitrogens with zero attached hydrogens (tertiary/aromatic N) is 4. The molecule has 0 radical (unpaired) electrons. The van der Waals surface area contributed by atoms with Crippen LogP contribution in [0.4, 0.5) is 9.18 Å². The maximum atomic E-state index is 13.8. The molecule has 0 saturated heterocycles. The van der Waals surface area contributed by atoms with E-state index in [0.717, 1.165) is 44.7 Å². The Balaban J connectivity index is 1.24. The summed E-state index contributed by atoms with van der Waals surface area (Å²) in [5.74, 6) is 0.786. The van der Waals surface area contributed by atoms with Gasteiger partial charge in [0, 0.05) is 30.8 Å². The number of carbonyl (C=O) groups excluding carboxylic acids is 1. The number of ether oxygens (including phenoxy) is 3. The van der Waals surface area contributed by atoms with Gasteiger partial charge in [-0.25, -0.2) is 9.18 Å². The van der Waals surface area contributed by atoms with E-state index in [0.29, 0.717) is 54.5 Å². The molecule has 41 heavy (non-hydrogen) atoms. The van der Waals surface area contributed by atoms with Gasteiger partial charge in [-0.2, -0.15) is 0 Å². The lowest BCUT2D eigenvalue weighted by Gasteiger charge is -2.33. The molecule has 218 valence electrons. The molecule has 0 spiro atoms. The fourth-order valence-corrected chi connectivity index (χ4v) is 5.37. The van der Waals surface area contributed by atoms with Gasteiger partial charge in [0.25, 0.3) is 5.56 Å². The molecular formula is C31H37FN4O5. The van der Waals surface area contributed by atoms with Gasteiger partial charge in [0.2, 0.25) is 0 Å². The van der Waals surface area contributed by atoms with Crippen molar-refractivity contribution in [2.24, 2.45) is 0 Å². The van der Waals surface area contributed by atoms with Crippen molar-refractivity contribution in [3.63, 3.8) is 0 Å². The second-order valence-corrected chi connectivity index (χ2v) is 11.5. The van der Waals surface area contributed by atoms with Gasteiger partial charge < -0.3 is 18.8 Å². The molecule has 3 aromatic rings. The lowest BCUT2D eigenvalue weighted by Crippen LogP contribution is -2.43. The number of halogens is 1. The molecule has 3 aromatic heterocycles. The third kappa shape index (κ3) is 7.23. The van der Waals surface area contributed by atoms with Crippen LogP contribution in [-0.2, 0) is 17.8 Å². The summed E-state index contributed by atoms with van der Waals surface area (Å²) >= 11 is 0. The molecule has 5 rings (SSSR count). The first-order valence-corrected chi connectivity index (χ1v) is 14.2. The molecule has 10 heteroatoms. The van der Waals surface area contributed by atoms with Gasteiger partial charge in [0.05, 0.1) is 35.7 Å². The number of allylic oxidation sites excluding steroid dienone is 2. The van der Waals surface area contributed by atoms with Gasteiger partial charge in [-0.3, -0.25) is 19.7 Å². The summed E-state index contributed by atoms with van der Waals surface area (Å²) in [7, 11) is 0. The maximum Gasteiger partial charge on any atom is 0.410 e. The zero-order valence-corrected chi connectivity index (χ0v) is 23.9. The summed E-state index contributed by atoms with van der Waals surface area (Å²) in [4.78, 5) is 36.3. The average Bonchev–Trinajstić information content (AvgIpc) is 3.17. The molecule has 0 saturated carbocycles. The quantitative estimate of drug-likeness (QED) is 0.335. The second kappa shape index (κ2) is 12.3. The highest BCUT2D eigenvalue weighted by Gasteiger charge is 2.30. The predicted octanol–water partition coefficient (Wildman–Crippen LogP) is 5.79. The number of hydrogen-bond donors (Lipinski definition) is 0. The Morgan fingerprint density at radius 3 is 2.73 bits per heavy atom. The number of carbonyl (C=O) groups is 1. The Labute approximate surface area is 238 Å². The second-order valence-electron chi connectivity index (χ2n) is 11.5. The minimum atomic E-state index is -0.623. The molecule has 1 aliphatic heterocycles. The molecule has 0 N–H and O–H groups in total. The van der Waals surface area contributed by atoms with Gasteiger partial charge >= 0.3 is 6.09 Å². The van der Waals surface area contributed by atoms with Crippen molar-refractivity contribution in [3.05, 3.63) is 70.2 Å². The lowest BCUT2D eigenvalue weighted by atomic mass is 10.0. The largest absolute Gasteiger partial charge is 0.486 e. The number of pyridine rings is 3. The van der Waals surface area contributed by atoms with E-state index in [-0.39, 0.29) is 17.7 Å². The first-order chi connectivity index (χ1) is 19.7. The van der Waals surface area contributed by atoms with Crippen LogP contribution in [0.1, 0.15) is 65.0 Å². The van der Waals surface area contributed by atoms with E-state index >= 15 is 0 Å². The molecule has 1 atom stereocenters. The number of rotatable bonds is 7. The van der Waals surface area contributed by atoms with Crippen LogP contribution in [0.25, 0.3) is 11.0 Å². The van der Waals surface area contributed by atoms with Crippen LogP contribution >= 0.6 is 0 Å². The molecule has 0 fully saturated rings. The maximum absolute atomic E-state index is 13.8. The molecule has 0 aromatic carbocycles. The summed E-state index contributed by atoms with van der Waals surface area (Å²) in [6.45, 7) is 7.34. The first-order valence-electron chi connectivity index (χ1n) is 14.2. The van der Waals surface area contributed by atoms with Crippen LogP contribution in [-0.4, -0.2) is 50.4 Å². The van der Waals surface area contributed by atoms with Crippen molar-refractivity contribution in [2.45, 2.75) is 84.0 Å². The number of hydrogen-bond acceptors (Lipinski definition) is 7. The molecule has 1 aliphatic carbocycles. The van der Waals surface area contributed by atoms with E-state index in [2.05, 4.69) is 16.0 Å². The van der Waals surface area contributed by atoms with Crippen LogP contribution in [0, 0.1) is 5.82 Å². The van der Waals surface area contributed by atoms with E-state index in [9.17, 15) is 14.0 Å². The fourth-order valence-electron chi connectivity index (χ4n) is 5.37. The minimum absolute atomic E-state index is 0.0247. The van der Waals surface area contributed by atoms with Gasteiger partial charge in [0.15, 0.2) is 11.5 Å². The normalized spacial score (nSPS) is 17.1. The SMILES string of the molecule is CC(C)(C)OC(=O)N(Cc1cc2c(cn1)OCCO2)C1CCC=C(CCCn2c(=O)ccc3ncc(F)cc32)CC1. The highest BCUT2D eigenvalue weighted by atomic mass is 19.1. The first kappa shape index (κ1) is 28.6. The summed E-state index contributed by atoms with van der Waals surface area (Å²) < 4.78 is 32.5. The summed E-state index contributed by atoms with van der Waals surface area (Å²) in [5, 5.41) is 0. The topological polar surface area (TPSA) is 95.8 Å². The molecule has 1 unspecified atom stereocenters. The molecule has 9 nitrogen and oxygen atoms in total. The number of aryl methyl sites for hydroxylation is 1. The third-order valence-electron chi connectivity index (χ3n) is 7.30.